The Morgan fingerprint density at radius 1 is 1.23 bits per heavy atom. The molecule has 1 saturated heterocycles. The van der Waals surface area contributed by atoms with Crippen LogP contribution in [0.1, 0.15) is 12.2 Å². The summed E-state index contributed by atoms with van der Waals surface area (Å²) in [5.74, 6) is 0.647. The molecular formula is C22H25N5O2S. The molecule has 3 aromatic rings. The molecule has 156 valence electrons. The molecule has 3 heterocycles. The van der Waals surface area contributed by atoms with Crippen LogP contribution in [0.25, 0.3) is 21.3 Å². The van der Waals surface area contributed by atoms with Crippen molar-refractivity contribution in [3.63, 3.8) is 0 Å². The van der Waals surface area contributed by atoms with Crippen molar-refractivity contribution in [1.82, 2.24) is 19.8 Å². The molecule has 2 aromatic heterocycles. The van der Waals surface area contributed by atoms with Gasteiger partial charge in [-0.2, -0.15) is 5.26 Å². The Labute approximate surface area is 179 Å². The lowest BCUT2D eigenvalue weighted by atomic mass is 10.1. The van der Waals surface area contributed by atoms with Crippen molar-refractivity contribution in [3.05, 3.63) is 51.9 Å². The fraction of sp³-hybridized carbons (Fsp3) is 0.409. The first-order valence-corrected chi connectivity index (χ1v) is 11.1. The molecule has 0 saturated carbocycles. The molecule has 1 aliphatic rings. The topological polar surface area (TPSA) is 85.2 Å². The highest BCUT2D eigenvalue weighted by Crippen LogP contribution is 2.30. The van der Waals surface area contributed by atoms with Gasteiger partial charge in [-0.25, -0.2) is 4.98 Å². The van der Waals surface area contributed by atoms with Crippen molar-refractivity contribution >= 4 is 21.6 Å². The maximum absolute atomic E-state index is 12.9. The van der Waals surface area contributed by atoms with Crippen molar-refractivity contribution in [1.29, 1.82) is 5.26 Å². The number of fused-ring (bicyclic) bond motifs is 1. The number of rotatable bonds is 8. The van der Waals surface area contributed by atoms with Gasteiger partial charge in [-0.1, -0.05) is 30.3 Å². The van der Waals surface area contributed by atoms with E-state index >= 15 is 0 Å². The summed E-state index contributed by atoms with van der Waals surface area (Å²) < 4.78 is 5.41. The summed E-state index contributed by atoms with van der Waals surface area (Å²) in [6, 6.07) is 12.1. The summed E-state index contributed by atoms with van der Waals surface area (Å²) in [6.45, 7) is 6.33. The Hall–Kier alpha value is -2.57. The van der Waals surface area contributed by atoms with Crippen LogP contribution in [-0.2, 0) is 11.3 Å². The number of nitrogens with one attached hydrogen (secondary N) is 1. The van der Waals surface area contributed by atoms with Crippen LogP contribution >= 0.6 is 11.3 Å². The van der Waals surface area contributed by atoms with E-state index in [9.17, 15) is 4.79 Å². The van der Waals surface area contributed by atoms with Crippen LogP contribution in [-0.4, -0.2) is 65.7 Å². The van der Waals surface area contributed by atoms with Crippen LogP contribution in [0.2, 0.25) is 0 Å². The first-order valence-electron chi connectivity index (χ1n) is 10.2. The van der Waals surface area contributed by atoms with Gasteiger partial charge >= 0.3 is 0 Å². The van der Waals surface area contributed by atoms with E-state index in [0.29, 0.717) is 30.7 Å². The Morgan fingerprint density at radius 3 is 2.80 bits per heavy atom. The summed E-state index contributed by atoms with van der Waals surface area (Å²) in [6.07, 6.45) is 0.451. The molecule has 30 heavy (non-hydrogen) atoms. The number of aromatic nitrogens is 2. The van der Waals surface area contributed by atoms with Crippen molar-refractivity contribution in [2.24, 2.45) is 0 Å². The summed E-state index contributed by atoms with van der Waals surface area (Å²) in [7, 11) is 0. The Kier molecular flexibility index (Phi) is 6.87. The number of H-pyrrole nitrogens is 1. The zero-order valence-corrected chi connectivity index (χ0v) is 17.7. The molecule has 0 bridgehead atoms. The number of morpholine rings is 1. The third-order valence-electron chi connectivity index (χ3n) is 5.33. The Bertz CT molecular complexity index is 1070. The molecule has 8 heteroatoms. The van der Waals surface area contributed by atoms with Gasteiger partial charge in [0, 0.05) is 50.1 Å². The van der Waals surface area contributed by atoms with Crippen molar-refractivity contribution < 1.29 is 4.74 Å². The van der Waals surface area contributed by atoms with Gasteiger partial charge in [0.25, 0.3) is 5.56 Å². The smallest absolute Gasteiger partial charge is 0.260 e. The molecule has 0 atom stereocenters. The molecule has 0 amide bonds. The SMILES string of the molecule is N#CCCN(CCN1CCOCC1)Cc1nc2scc(-c3ccccc3)c2c(=O)[nH]1. The van der Waals surface area contributed by atoms with E-state index in [-0.39, 0.29) is 5.56 Å². The van der Waals surface area contributed by atoms with E-state index in [1.165, 1.54) is 11.3 Å². The number of ether oxygens (including phenoxy) is 1. The van der Waals surface area contributed by atoms with E-state index in [1.54, 1.807) is 0 Å². The number of hydrogen-bond donors (Lipinski definition) is 1. The third-order valence-corrected chi connectivity index (χ3v) is 6.20. The highest BCUT2D eigenvalue weighted by Gasteiger charge is 2.16. The van der Waals surface area contributed by atoms with Crippen LogP contribution in [0.5, 0.6) is 0 Å². The molecule has 1 N–H and O–H groups in total. The van der Waals surface area contributed by atoms with Gasteiger partial charge in [-0.3, -0.25) is 14.6 Å². The van der Waals surface area contributed by atoms with Crippen LogP contribution in [0.3, 0.4) is 0 Å². The number of nitriles is 1. The average Bonchev–Trinajstić information content (AvgIpc) is 3.21. The molecule has 7 nitrogen and oxygen atoms in total. The second kappa shape index (κ2) is 9.96. The van der Waals surface area contributed by atoms with Gasteiger partial charge in [0.1, 0.15) is 10.7 Å². The number of nitrogens with zero attached hydrogens (tertiary/aromatic N) is 4. The maximum Gasteiger partial charge on any atom is 0.260 e. The molecule has 0 unspecified atom stereocenters. The van der Waals surface area contributed by atoms with Crippen molar-refractivity contribution in [2.45, 2.75) is 13.0 Å². The molecule has 1 aliphatic heterocycles. The third kappa shape index (κ3) is 4.94. The molecule has 0 aliphatic carbocycles. The zero-order chi connectivity index (χ0) is 20.8. The summed E-state index contributed by atoms with van der Waals surface area (Å²) >= 11 is 1.49. The first-order chi connectivity index (χ1) is 14.7. The largest absolute Gasteiger partial charge is 0.379 e. The van der Waals surface area contributed by atoms with Gasteiger partial charge in [-0.15, -0.1) is 11.3 Å². The van der Waals surface area contributed by atoms with E-state index in [0.717, 1.165) is 55.4 Å². The number of hydrogen-bond acceptors (Lipinski definition) is 7. The van der Waals surface area contributed by atoms with E-state index in [4.69, 9.17) is 15.0 Å². The number of benzene rings is 1. The van der Waals surface area contributed by atoms with Crippen LogP contribution < -0.4 is 5.56 Å². The van der Waals surface area contributed by atoms with Crippen molar-refractivity contribution in [3.8, 4) is 17.2 Å². The highest BCUT2D eigenvalue weighted by atomic mass is 32.1. The summed E-state index contributed by atoms with van der Waals surface area (Å²) in [5, 5.41) is 11.7. The van der Waals surface area contributed by atoms with E-state index in [2.05, 4.69) is 20.9 Å². The first kappa shape index (κ1) is 20.7. The predicted molar refractivity (Wildman–Crippen MR) is 118 cm³/mol. The fourth-order valence-corrected chi connectivity index (χ4v) is 4.66. The molecule has 0 radical (unpaired) electrons. The van der Waals surface area contributed by atoms with Gasteiger partial charge in [-0.05, 0) is 5.56 Å². The maximum atomic E-state index is 12.9. The van der Waals surface area contributed by atoms with Crippen molar-refractivity contribution in [2.75, 3.05) is 45.9 Å². The molecule has 1 aromatic carbocycles. The normalized spacial score (nSPS) is 14.9. The summed E-state index contributed by atoms with van der Waals surface area (Å²) in [4.78, 5) is 25.9. The fourth-order valence-electron chi connectivity index (χ4n) is 3.70. The molecular weight excluding hydrogens is 398 g/mol. The van der Waals surface area contributed by atoms with Crippen LogP contribution in [0.15, 0.2) is 40.5 Å². The minimum Gasteiger partial charge on any atom is -0.379 e. The predicted octanol–water partition coefficient (Wildman–Crippen LogP) is 2.70. The Balaban J connectivity index is 1.52. The monoisotopic (exact) mass is 423 g/mol. The molecule has 4 rings (SSSR count). The van der Waals surface area contributed by atoms with E-state index in [1.807, 2.05) is 35.7 Å². The quantitative estimate of drug-likeness (QED) is 0.600. The Morgan fingerprint density at radius 2 is 2.03 bits per heavy atom. The highest BCUT2D eigenvalue weighted by molar-refractivity contribution is 7.17. The lowest BCUT2D eigenvalue weighted by Crippen LogP contribution is -2.41. The lowest BCUT2D eigenvalue weighted by molar-refractivity contribution is 0.0329. The van der Waals surface area contributed by atoms with Crippen LogP contribution in [0.4, 0.5) is 0 Å². The summed E-state index contributed by atoms with van der Waals surface area (Å²) in [5.41, 5.74) is 1.83. The second-order valence-electron chi connectivity index (χ2n) is 7.35. The minimum atomic E-state index is -0.108. The molecule has 1 fully saturated rings. The number of aromatic amines is 1. The van der Waals surface area contributed by atoms with E-state index < -0.39 is 0 Å². The standard InChI is InChI=1S/C22H25N5O2S/c23-7-4-8-27(10-9-26-11-13-29-14-12-26)15-19-24-21(28)20-18(16-30-22(20)25-19)17-5-2-1-3-6-17/h1-3,5-6,16H,4,8-15H2,(H,24,25,28). The molecule has 0 spiro atoms. The lowest BCUT2D eigenvalue weighted by Gasteiger charge is -2.29. The van der Waals surface area contributed by atoms with Crippen LogP contribution in [0, 0.1) is 11.3 Å². The zero-order valence-electron chi connectivity index (χ0n) is 16.8. The average molecular weight is 424 g/mol. The van der Waals surface area contributed by atoms with Gasteiger partial charge in [0.15, 0.2) is 0 Å². The van der Waals surface area contributed by atoms with Gasteiger partial charge in [0.2, 0.25) is 0 Å². The van der Waals surface area contributed by atoms with Gasteiger partial charge in [0.05, 0.1) is 31.2 Å². The number of thiophene rings is 1. The van der Waals surface area contributed by atoms with Gasteiger partial charge < -0.3 is 9.72 Å². The second-order valence-corrected chi connectivity index (χ2v) is 8.20. The minimum absolute atomic E-state index is 0.108.